The van der Waals surface area contributed by atoms with Crippen molar-refractivity contribution in [1.29, 1.82) is 0 Å². The number of hydrogen-bond acceptors (Lipinski definition) is 5. The fraction of sp³-hybridized carbons (Fsp3) is 0.385. The Hall–Kier alpha value is -2.28. The molecule has 1 atom stereocenters. The molecule has 0 bridgehead atoms. The summed E-state index contributed by atoms with van der Waals surface area (Å²) in [6, 6.07) is 5.32. The zero-order valence-corrected chi connectivity index (χ0v) is 10.8. The van der Waals surface area contributed by atoms with E-state index in [0.717, 1.165) is 0 Å². The molecule has 2 amide bonds. The predicted molar refractivity (Wildman–Crippen MR) is 70.2 cm³/mol. The fourth-order valence-corrected chi connectivity index (χ4v) is 2.45. The predicted octanol–water partition coefficient (Wildman–Crippen LogP) is -0.199. The number of amides is 2. The summed E-state index contributed by atoms with van der Waals surface area (Å²) in [5.74, 6) is 5.56. The van der Waals surface area contributed by atoms with Crippen molar-refractivity contribution in [2.45, 2.75) is 6.42 Å². The van der Waals surface area contributed by atoms with Crippen LogP contribution in [0.4, 0.5) is 5.69 Å². The molecular weight excluding hydrogens is 262 g/mol. The second kappa shape index (κ2) is 5.01. The van der Waals surface area contributed by atoms with Crippen LogP contribution < -0.4 is 25.6 Å². The van der Waals surface area contributed by atoms with Crippen LogP contribution >= 0.6 is 0 Å². The molecule has 3 N–H and O–H groups in total. The summed E-state index contributed by atoms with van der Waals surface area (Å²) in [7, 11) is 0. The van der Waals surface area contributed by atoms with Gasteiger partial charge in [0.1, 0.15) is 13.2 Å². The molecule has 1 fully saturated rings. The lowest BCUT2D eigenvalue weighted by molar-refractivity contribution is -0.126. The minimum atomic E-state index is -0.416. The summed E-state index contributed by atoms with van der Waals surface area (Å²) in [5.41, 5.74) is 2.79. The average Bonchev–Trinajstić information content (AvgIpc) is 2.88. The molecule has 2 aliphatic heterocycles. The van der Waals surface area contributed by atoms with Crippen molar-refractivity contribution in [3.8, 4) is 11.5 Å². The molecule has 0 aliphatic carbocycles. The lowest BCUT2D eigenvalue weighted by atomic mass is 10.1. The zero-order valence-electron chi connectivity index (χ0n) is 10.8. The molecule has 1 aromatic carbocycles. The van der Waals surface area contributed by atoms with Gasteiger partial charge in [0.15, 0.2) is 11.5 Å². The van der Waals surface area contributed by atoms with Crippen molar-refractivity contribution in [2.24, 2.45) is 11.8 Å². The van der Waals surface area contributed by atoms with Crippen LogP contribution in [-0.4, -0.2) is 31.6 Å². The van der Waals surface area contributed by atoms with Gasteiger partial charge in [-0.3, -0.25) is 15.0 Å². The molecule has 1 saturated heterocycles. The number of benzene rings is 1. The summed E-state index contributed by atoms with van der Waals surface area (Å²) in [4.78, 5) is 25.1. The smallest absolute Gasteiger partial charge is 0.239 e. The first kappa shape index (κ1) is 12.7. The highest BCUT2D eigenvalue weighted by molar-refractivity contribution is 6.00. The van der Waals surface area contributed by atoms with Crippen LogP contribution in [0.3, 0.4) is 0 Å². The molecule has 106 valence electrons. The van der Waals surface area contributed by atoms with Gasteiger partial charge in [0.2, 0.25) is 11.8 Å². The van der Waals surface area contributed by atoms with E-state index in [-0.39, 0.29) is 18.2 Å². The van der Waals surface area contributed by atoms with Crippen LogP contribution in [0.5, 0.6) is 11.5 Å². The Morgan fingerprint density at radius 2 is 2.05 bits per heavy atom. The van der Waals surface area contributed by atoms with Crippen molar-refractivity contribution in [3.63, 3.8) is 0 Å². The lowest BCUT2D eigenvalue weighted by Crippen LogP contribution is -2.37. The van der Waals surface area contributed by atoms with Gasteiger partial charge in [-0.2, -0.15) is 0 Å². The molecule has 7 nitrogen and oxygen atoms in total. The van der Waals surface area contributed by atoms with E-state index in [9.17, 15) is 9.59 Å². The van der Waals surface area contributed by atoms with Gasteiger partial charge in [-0.05, 0) is 12.1 Å². The average molecular weight is 277 g/mol. The topological polar surface area (TPSA) is 93.9 Å². The van der Waals surface area contributed by atoms with E-state index in [0.29, 0.717) is 36.9 Å². The number of ether oxygens (including phenoxy) is 2. The fourth-order valence-electron chi connectivity index (χ4n) is 2.45. The van der Waals surface area contributed by atoms with Gasteiger partial charge in [0.25, 0.3) is 0 Å². The Morgan fingerprint density at radius 1 is 1.30 bits per heavy atom. The van der Waals surface area contributed by atoms with Crippen LogP contribution in [0.1, 0.15) is 6.42 Å². The van der Waals surface area contributed by atoms with Crippen molar-refractivity contribution < 1.29 is 19.1 Å². The van der Waals surface area contributed by atoms with Gasteiger partial charge in [-0.1, -0.05) is 0 Å². The largest absolute Gasteiger partial charge is 0.486 e. The first-order valence-electron chi connectivity index (χ1n) is 6.39. The van der Waals surface area contributed by atoms with Crippen LogP contribution in [0.15, 0.2) is 18.2 Å². The summed E-state index contributed by atoms with van der Waals surface area (Å²) < 4.78 is 10.9. The Labute approximate surface area is 115 Å². The molecule has 1 unspecified atom stereocenters. The molecule has 1 aromatic rings. The minimum absolute atomic E-state index is 0.102. The third-order valence-electron chi connectivity index (χ3n) is 3.48. The Balaban J connectivity index is 1.82. The molecule has 0 radical (unpaired) electrons. The Kier molecular flexibility index (Phi) is 3.19. The van der Waals surface area contributed by atoms with Gasteiger partial charge >= 0.3 is 0 Å². The lowest BCUT2D eigenvalue weighted by Gasteiger charge is -2.22. The van der Waals surface area contributed by atoms with Crippen molar-refractivity contribution in [1.82, 2.24) is 5.43 Å². The summed E-state index contributed by atoms with van der Waals surface area (Å²) in [6.45, 7) is 1.33. The van der Waals surface area contributed by atoms with Gasteiger partial charge < -0.3 is 14.4 Å². The van der Waals surface area contributed by atoms with Crippen LogP contribution in [0.2, 0.25) is 0 Å². The molecule has 0 spiro atoms. The van der Waals surface area contributed by atoms with Crippen molar-refractivity contribution in [3.05, 3.63) is 18.2 Å². The standard InChI is InChI=1S/C13H15N3O4/c14-15-13(18)8-5-12(17)16(7-8)9-1-2-10-11(6-9)20-4-3-19-10/h1-2,6,8H,3-5,7,14H2,(H,15,18). The third-order valence-corrected chi connectivity index (χ3v) is 3.48. The van der Waals surface area contributed by atoms with Gasteiger partial charge in [-0.25, -0.2) is 5.84 Å². The highest BCUT2D eigenvalue weighted by Crippen LogP contribution is 2.35. The summed E-state index contributed by atoms with van der Waals surface area (Å²) in [5, 5.41) is 0. The molecule has 7 heteroatoms. The molecule has 2 aliphatic rings. The number of nitrogens with two attached hydrogens (primary N) is 1. The Bertz CT molecular complexity index is 561. The number of nitrogens with one attached hydrogen (secondary N) is 1. The normalized spacial score (nSPS) is 20.9. The highest BCUT2D eigenvalue weighted by atomic mass is 16.6. The molecular formula is C13H15N3O4. The first-order valence-corrected chi connectivity index (χ1v) is 6.39. The quantitative estimate of drug-likeness (QED) is 0.443. The SMILES string of the molecule is NNC(=O)C1CC(=O)N(c2ccc3c(c2)OCCO3)C1. The van der Waals surface area contributed by atoms with Gasteiger partial charge in [0.05, 0.1) is 5.92 Å². The van der Waals surface area contributed by atoms with Gasteiger partial charge in [-0.15, -0.1) is 0 Å². The third kappa shape index (κ3) is 2.16. The van der Waals surface area contributed by atoms with E-state index >= 15 is 0 Å². The molecule has 20 heavy (non-hydrogen) atoms. The molecule has 2 heterocycles. The number of carbonyl (C=O) groups excluding carboxylic acids is 2. The first-order chi connectivity index (χ1) is 9.69. The van der Waals surface area contributed by atoms with E-state index in [1.54, 1.807) is 23.1 Å². The molecule has 3 rings (SSSR count). The second-order valence-corrected chi connectivity index (χ2v) is 4.74. The van der Waals surface area contributed by atoms with E-state index in [4.69, 9.17) is 15.3 Å². The molecule has 0 aromatic heterocycles. The van der Waals surface area contributed by atoms with Crippen LogP contribution in [-0.2, 0) is 9.59 Å². The number of nitrogens with zero attached hydrogens (tertiary/aromatic N) is 1. The summed E-state index contributed by atoms with van der Waals surface area (Å²) in [6.07, 6.45) is 0.164. The number of carbonyl (C=O) groups is 2. The zero-order chi connectivity index (χ0) is 14.1. The Morgan fingerprint density at radius 3 is 2.80 bits per heavy atom. The summed E-state index contributed by atoms with van der Waals surface area (Å²) >= 11 is 0. The van der Waals surface area contributed by atoms with Crippen LogP contribution in [0.25, 0.3) is 0 Å². The highest BCUT2D eigenvalue weighted by Gasteiger charge is 2.35. The van der Waals surface area contributed by atoms with Crippen LogP contribution in [0, 0.1) is 5.92 Å². The number of hydrazine groups is 1. The monoisotopic (exact) mass is 277 g/mol. The maximum atomic E-state index is 12.0. The maximum Gasteiger partial charge on any atom is 0.239 e. The van der Waals surface area contributed by atoms with Crippen molar-refractivity contribution >= 4 is 17.5 Å². The number of anilines is 1. The minimum Gasteiger partial charge on any atom is -0.486 e. The number of hydrogen-bond donors (Lipinski definition) is 2. The van der Waals surface area contributed by atoms with E-state index in [1.807, 2.05) is 0 Å². The van der Waals surface area contributed by atoms with E-state index in [2.05, 4.69) is 5.43 Å². The van der Waals surface area contributed by atoms with Gasteiger partial charge in [0, 0.05) is 24.7 Å². The maximum absolute atomic E-state index is 12.0. The second-order valence-electron chi connectivity index (χ2n) is 4.74. The number of fused-ring (bicyclic) bond motifs is 1. The number of rotatable bonds is 2. The van der Waals surface area contributed by atoms with E-state index in [1.165, 1.54) is 0 Å². The van der Waals surface area contributed by atoms with Crippen molar-refractivity contribution in [2.75, 3.05) is 24.7 Å². The molecule has 0 saturated carbocycles. The van der Waals surface area contributed by atoms with E-state index < -0.39 is 5.92 Å².